The van der Waals surface area contributed by atoms with Gasteiger partial charge in [-0.3, -0.25) is 14.2 Å². The molecule has 10 heteroatoms. The molecular weight excluding hydrogens is 1170 g/mol. The zero-order chi connectivity index (χ0) is 67.6. The molecule has 0 fully saturated rings. The van der Waals surface area contributed by atoms with Gasteiger partial charge < -0.3 is 27.9 Å². The summed E-state index contributed by atoms with van der Waals surface area (Å²) in [6.45, 7) is 4.11. The Hall–Kier alpha value is -3.59. The summed E-state index contributed by atoms with van der Waals surface area (Å²) in [5.74, 6) is -0.880. The monoisotopic (exact) mass is 1320 g/mol. The minimum atomic E-state index is -4.66. The molecule has 0 aliphatic rings. The van der Waals surface area contributed by atoms with Gasteiger partial charge in [-0.1, -0.05) is 360 Å². The number of carbonyl (C=O) groups is 2. The molecule has 0 saturated carbocycles. The fourth-order valence-corrected chi connectivity index (χ4v) is 11.6. The molecule has 0 aliphatic carbocycles. The van der Waals surface area contributed by atoms with Crippen molar-refractivity contribution in [2.75, 3.05) is 47.5 Å². The van der Waals surface area contributed by atoms with E-state index in [4.69, 9.17) is 18.5 Å². The first-order chi connectivity index (χ1) is 45.5. The molecule has 2 atom stereocenters. The first-order valence-corrected chi connectivity index (χ1v) is 40.2. The van der Waals surface area contributed by atoms with Crippen molar-refractivity contribution in [3.05, 3.63) is 122 Å². The zero-order valence-corrected chi connectivity index (χ0v) is 62.1. The molecule has 0 saturated heterocycles. The van der Waals surface area contributed by atoms with Gasteiger partial charge in [0.2, 0.25) is 0 Å². The van der Waals surface area contributed by atoms with E-state index >= 15 is 0 Å². The van der Waals surface area contributed by atoms with Crippen LogP contribution in [0, 0.1) is 0 Å². The molecule has 0 spiro atoms. The zero-order valence-electron chi connectivity index (χ0n) is 61.2. The third-order valence-electron chi connectivity index (χ3n) is 16.7. The van der Waals surface area contributed by atoms with Crippen LogP contribution in [0.2, 0.25) is 0 Å². The number of allylic oxidation sites excluding steroid dienone is 20. The number of phosphoric acid groups is 1. The summed E-state index contributed by atoms with van der Waals surface area (Å²) >= 11 is 0. The van der Waals surface area contributed by atoms with Gasteiger partial charge in [0.1, 0.15) is 19.8 Å². The maximum absolute atomic E-state index is 12.9. The van der Waals surface area contributed by atoms with Crippen LogP contribution >= 0.6 is 7.82 Å². The average Bonchev–Trinajstić information content (AvgIpc) is 2.30. The lowest BCUT2D eigenvalue weighted by Gasteiger charge is -2.28. The van der Waals surface area contributed by atoms with E-state index in [0.717, 1.165) is 96.3 Å². The number of hydrogen-bond acceptors (Lipinski definition) is 8. The van der Waals surface area contributed by atoms with Crippen LogP contribution in [-0.4, -0.2) is 70.0 Å². The topological polar surface area (TPSA) is 111 Å². The third kappa shape index (κ3) is 77.3. The summed E-state index contributed by atoms with van der Waals surface area (Å²) in [6, 6.07) is 0. The number of ether oxygens (including phenoxy) is 2. The molecule has 0 aromatic heterocycles. The lowest BCUT2D eigenvalue weighted by Crippen LogP contribution is -2.37. The number of phosphoric ester groups is 1. The van der Waals surface area contributed by atoms with Gasteiger partial charge in [0, 0.05) is 12.8 Å². The van der Waals surface area contributed by atoms with Crippen molar-refractivity contribution < 1.29 is 42.1 Å². The molecule has 9 nitrogen and oxygen atoms in total. The average molecular weight is 1320 g/mol. The van der Waals surface area contributed by atoms with Crippen LogP contribution in [0.1, 0.15) is 341 Å². The van der Waals surface area contributed by atoms with Gasteiger partial charge in [-0.05, 0) is 89.9 Å². The van der Waals surface area contributed by atoms with E-state index in [9.17, 15) is 19.0 Å². The van der Waals surface area contributed by atoms with Crippen molar-refractivity contribution >= 4 is 19.8 Å². The highest BCUT2D eigenvalue weighted by Crippen LogP contribution is 2.38. The fourth-order valence-electron chi connectivity index (χ4n) is 10.9. The second-order valence-corrected chi connectivity index (χ2v) is 28.4. The summed E-state index contributed by atoms with van der Waals surface area (Å²) in [7, 11) is 1.13. The molecule has 2 unspecified atom stereocenters. The number of hydrogen-bond donors (Lipinski definition) is 0. The lowest BCUT2D eigenvalue weighted by atomic mass is 10.0. The van der Waals surface area contributed by atoms with Crippen LogP contribution in [-0.2, 0) is 32.7 Å². The van der Waals surface area contributed by atoms with Gasteiger partial charge in [0.25, 0.3) is 7.82 Å². The molecule has 0 aliphatic heterocycles. The molecule has 0 aromatic rings. The SMILES string of the molecule is CC/C=C\C/C=C\C/C=C\C/C=C\C/C=C\C/C=C\C/C=C\C/C=C\C/C=C\C/C=C\CCCCC(=O)OC(COC(=O)CCCCCCCCCCCCCCCCCCCCCCCCCCCCCCCCCCCCCC)COP(=O)([O-])OCC[N+](C)(C)C. The molecular formula is C83H146NO8P. The van der Waals surface area contributed by atoms with E-state index in [2.05, 4.69) is 135 Å². The lowest BCUT2D eigenvalue weighted by molar-refractivity contribution is -0.870. The Morgan fingerprint density at radius 1 is 0.344 bits per heavy atom. The summed E-state index contributed by atoms with van der Waals surface area (Å²) in [5.41, 5.74) is 0. The Kier molecular flexibility index (Phi) is 69.9. The van der Waals surface area contributed by atoms with Gasteiger partial charge in [-0.2, -0.15) is 0 Å². The Morgan fingerprint density at radius 3 is 0.914 bits per heavy atom. The second-order valence-electron chi connectivity index (χ2n) is 27.0. The summed E-state index contributed by atoms with van der Waals surface area (Å²) in [5, 5.41) is 0. The standard InChI is InChI=1S/C83H146NO8P/c1-6-8-10-12-14-16-18-20-22-24-26-28-30-32-34-36-38-40-41-42-44-45-47-49-51-53-55-57-59-61-63-65-67-69-71-73-75-82(85)89-79-81(80-91-93(87,88)90-78-77-84(3,4)5)92-83(86)76-74-72-70-68-66-64-62-60-58-56-54-52-50-48-46-43-39-37-35-33-31-29-27-25-23-21-19-17-15-13-11-9-7-2/h9,11,15,17,21,23,27,29,33,35,39,43,48,50,54,56,60,62,66,68,81H,6-8,10,12-14,16,18-20,22,24-26,28,30-32,34,36-38,40-42,44-47,49,51-53,55,57-59,61,63-65,67,69-80H2,1-5H3/b11-9-,17-15-,23-21-,29-27-,35-33-,43-39-,50-48-,56-54-,62-60-,68-66-. The maximum atomic E-state index is 12.9. The fraction of sp³-hybridized carbons (Fsp3) is 0.735. The first kappa shape index (κ1) is 89.4. The van der Waals surface area contributed by atoms with Crippen molar-refractivity contribution in [2.24, 2.45) is 0 Å². The summed E-state index contributed by atoms with van der Waals surface area (Å²) in [4.78, 5) is 38.1. The number of esters is 2. The first-order valence-electron chi connectivity index (χ1n) is 38.7. The number of likely N-dealkylation sites (N-methyl/N-ethyl adjacent to an activating group) is 1. The molecule has 0 aromatic carbocycles. The number of rotatable bonds is 71. The van der Waals surface area contributed by atoms with Crippen molar-refractivity contribution in [1.82, 2.24) is 0 Å². The maximum Gasteiger partial charge on any atom is 0.306 e. The number of nitrogens with zero attached hydrogens (tertiary/aromatic N) is 1. The Balaban J connectivity index is 4.06. The van der Waals surface area contributed by atoms with E-state index in [1.807, 2.05) is 21.1 Å². The molecule has 536 valence electrons. The van der Waals surface area contributed by atoms with E-state index < -0.39 is 32.5 Å². The van der Waals surface area contributed by atoms with Gasteiger partial charge in [0.05, 0.1) is 27.7 Å². The van der Waals surface area contributed by atoms with Gasteiger partial charge in [-0.25, -0.2) is 0 Å². The highest BCUT2D eigenvalue weighted by Gasteiger charge is 2.22. The minimum absolute atomic E-state index is 0.0443. The molecule has 0 amide bonds. The predicted octanol–water partition coefficient (Wildman–Crippen LogP) is 25.1. The second kappa shape index (κ2) is 72.7. The molecule has 93 heavy (non-hydrogen) atoms. The number of quaternary nitrogens is 1. The van der Waals surface area contributed by atoms with Crippen molar-refractivity contribution in [3.63, 3.8) is 0 Å². The van der Waals surface area contributed by atoms with Crippen LogP contribution in [0.5, 0.6) is 0 Å². The Bertz CT molecular complexity index is 1990. The predicted molar refractivity (Wildman–Crippen MR) is 401 cm³/mol. The summed E-state index contributed by atoms with van der Waals surface area (Å²) < 4.78 is 34.3. The minimum Gasteiger partial charge on any atom is -0.756 e. The van der Waals surface area contributed by atoms with E-state index in [-0.39, 0.29) is 26.1 Å². The quantitative estimate of drug-likeness (QED) is 0.0195. The number of carbonyl (C=O) groups excluding carboxylic acids is 2. The van der Waals surface area contributed by atoms with Gasteiger partial charge in [-0.15, -0.1) is 0 Å². The molecule has 0 N–H and O–H groups in total. The van der Waals surface area contributed by atoms with Gasteiger partial charge in [0.15, 0.2) is 6.10 Å². The van der Waals surface area contributed by atoms with Crippen LogP contribution in [0.25, 0.3) is 0 Å². The van der Waals surface area contributed by atoms with Gasteiger partial charge >= 0.3 is 11.9 Å². The van der Waals surface area contributed by atoms with Crippen LogP contribution < -0.4 is 4.89 Å². The smallest absolute Gasteiger partial charge is 0.306 e. The highest BCUT2D eigenvalue weighted by molar-refractivity contribution is 7.45. The van der Waals surface area contributed by atoms with Crippen LogP contribution in [0.4, 0.5) is 0 Å². The van der Waals surface area contributed by atoms with E-state index in [1.165, 1.54) is 212 Å². The molecule has 0 heterocycles. The van der Waals surface area contributed by atoms with Crippen molar-refractivity contribution in [3.8, 4) is 0 Å². The van der Waals surface area contributed by atoms with Crippen LogP contribution in [0.15, 0.2) is 122 Å². The third-order valence-corrected chi connectivity index (χ3v) is 17.7. The van der Waals surface area contributed by atoms with E-state index in [0.29, 0.717) is 17.4 Å². The molecule has 0 radical (unpaired) electrons. The molecule has 0 rings (SSSR count). The Morgan fingerprint density at radius 2 is 0.613 bits per heavy atom. The normalized spacial score (nSPS) is 13.7. The largest absolute Gasteiger partial charge is 0.756 e. The van der Waals surface area contributed by atoms with Crippen molar-refractivity contribution in [1.29, 1.82) is 0 Å². The van der Waals surface area contributed by atoms with Crippen LogP contribution in [0.3, 0.4) is 0 Å². The van der Waals surface area contributed by atoms with Crippen molar-refractivity contribution in [2.45, 2.75) is 347 Å². The highest BCUT2D eigenvalue weighted by atomic mass is 31.2. The number of unbranched alkanes of at least 4 members (excludes halogenated alkanes) is 37. The molecule has 0 bridgehead atoms. The Labute approximate surface area is 575 Å². The summed E-state index contributed by atoms with van der Waals surface area (Å²) in [6.07, 6.45) is 105. The van der Waals surface area contributed by atoms with E-state index in [1.54, 1.807) is 0 Å².